The number of hydrogen-bond donors (Lipinski definition) is 2. The zero-order valence-electron chi connectivity index (χ0n) is 10.0. The molecule has 1 heterocycles. The van der Waals surface area contributed by atoms with Gasteiger partial charge >= 0.3 is 0 Å². The van der Waals surface area contributed by atoms with Crippen molar-refractivity contribution >= 4 is 53.3 Å². The molecule has 0 radical (unpaired) electrons. The lowest BCUT2D eigenvalue weighted by molar-refractivity contribution is 0.445. The van der Waals surface area contributed by atoms with Gasteiger partial charge in [-0.3, -0.25) is 0 Å². The number of alkyl halides is 1. The van der Waals surface area contributed by atoms with Crippen molar-refractivity contribution in [1.29, 1.82) is 0 Å². The van der Waals surface area contributed by atoms with E-state index in [0.29, 0.717) is 5.33 Å². The van der Waals surface area contributed by atoms with E-state index in [1.807, 2.05) is 0 Å². The Morgan fingerprint density at radius 3 is 2.65 bits per heavy atom. The number of halogens is 2. The number of fused-ring (bicyclic) bond motifs is 1. The Balaban J connectivity index is 2.66. The molecule has 0 unspecified atom stereocenters. The molecule has 0 spiro atoms. The zero-order chi connectivity index (χ0) is 15.1. The lowest BCUT2D eigenvalue weighted by Crippen LogP contribution is -2.40. The molecular formula is C9H11BrClN3O4S2. The lowest BCUT2D eigenvalue weighted by atomic mass is 10.3. The summed E-state index contributed by atoms with van der Waals surface area (Å²) in [5.74, 6) is 0. The van der Waals surface area contributed by atoms with Gasteiger partial charge in [-0.1, -0.05) is 27.5 Å². The number of benzene rings is 1. The summed E-state index contributed by atoms with van der Waals surface area (Å²) >= 11 is 8.98. The molecule has 1 aromatic rings. The first-order valence-electron chi connectivity index (χ1n) is 5.34. The number of nitrogens with one attached hydrogen (secondary N) is 1. The van der Waals surface area contributed by atoms with Gasteiger partial charge in [0, 0.05) is 11.9 Å². The van der Waals surface area contributed by atoms with Crippen molar-refractivity contribution in [2.45, 2.75) is 9.79 Å². The molecule has 7 nitrogen and oxygen atoms in total. The molecule has 1 aliphatic heterocycles. The van der Waals surface area contributed by atoms with Crippen LogP contribution in [-0.4, -0.2) is 39.7 Å². The Bertz CT molecular complexity index is 751. The second-order valence-electron chi connectivity index (χ2n) is 4.03. The predicted molar refractivity (Wildman–Crippen MR) is 79.0 cm³/mol. The number of anilines is 1. The van der Waals surface area contributed by atoms with Crippen LogP contribution in [0.2, 0.25) is 5.02 Å². The van der Waals surface area contributed by atoms with Gasteiger partial charge in [0.1, 0.15) is 9.79 Å². The van der Waals surface area contributed by atoms with Gasteiger partial charge in [0.25, 0.3) is 0 Å². The van der Waals surface area contributed by atoms with Crippen LogP contribution in [0.3, 0.4) is 0 Å². The van der Waals surface area contributed by atoms with Crippen LogP contribution >= 0.6 is 27.5 Å². The van der Waals surface area contributed by atoms with Crippen molar-refractivity contribution < 1.29 is 16.8 Å². The maximum Gasteiger partial charge on any atom is 0.246 e. The third-order valence-corrected chi connectivity index (χ3v) is 6.35. The third-order valence-electron chi connectivity index (χ3n) is 2.74. The Hall–Kier alpha value is -0.390. The SMILES string of the molecule is NS(=O)(=O)c1cc2c(cc1Cl)NCN(CCBr)S2(=O)=O. The first-order chi connectivity index (χ1) is 9.17. The Kier molecular flexibility index (Phi) is 4.34. The molecular weight excluding hydrogens is 394 g/mol. The average Bonchev–Trinajstić information content (AvgIpc) is 2.31. The molecule has 112 valence electrons. The van der Waals surface area contributed by atoms with Crippen molar-refractivity contribution in [3.63, 3.8) is 0 Å². The smallest absolute Gasteiger partial charge is 0.246 e. The minimum absolute atomic E-state index is 0.0893. The molecule has 11 heteroatoms. The van der Waals surface area contributed by atoms with Crippen LogP contribution in [-0.2, 0) is 20.0 Å². The van der Waals surface area contributed by atoms with Gasteiger partial charge in [-0.05, 0) is 12.1 Å². The van der Waals surface area contributed by atoms with E-state index in [-0.39, 0.29) is 28.8 Å². The number of hydrogen-bond acceptors (Lipinski definition) is 5. The summed E-state index contributed by atoms with van der Waals surface area (Å²) in [6, 6.07) is 2.23. The van der Waals surface area contributed by atoms with Gasteiger partial charge in [0.2, 0.25) is 20.0 Å². The van der Waals surface area contributed by atoms with Gasteiger partial charge in [-0.15, -0.1) is 0 Å². The lowest BCUT2D eigenvalue weighted by Gasteiger charge is -2.29. The average molecular weight is 405 g/mol. The van der Waals surface area contributed by atoms with Gasteiger partial charge in [0.05, 0.1) is 17.4 Å². The molecule has 0 saturated carbocycles. The summed E-state index contributed by atoms with van der Waals surface area (Å²) in [6.07, 6.45) is 0. The number of primary sulfonamides is 1. The van der Waals surface area contributed by atoms with E-state index in [0.717, 1.165) is 6.07 Å². The van der Waals surface area contributed by atoms with Crippen molar-refractivity contribution in [3.8, 4) is 0 Å². The van der Waals surface area contributed by atoms with Crippen LogP contribution in [0.1, 0.15) is 0 Å². The van der Waals surface area contributed by atoms with Gasteiger partial charge in [-0.25, -0.2) is 22.0 Å². The van der Waals surface area contributed by atoms with Crippen molar-refractivity contribution in [2.24, 2.45) is 5.14 Å². The van der Waals surface area contributed by atoms with Crippen molar-refractivity contribution in [1.82, 2.24) is 4.31 Å². The van der Waals surface area contributed by atoms with E-state index >= 15 is 0 Å². The quantitative estimate of drug-likeness (QED) is 0.723. The molecule has 0 bridgehead atoms. The standard InChI is InChI=1S/C9H11BrClN3O4S2/c10-1-2-14-5-13-7-3-6(11)8(19(12,15)16)4-9(7)20(14,17)18/h3-4,13H,1-2,5H2,(H2,12,15,16). The van der Waals surface area contributed by atoms with E-state index in [1.54, 1.807) is 0 Å². The van der Waals surface area contributed by atoms with E-state index in [1.165, 1.54) is 10.4 Å². The fourth-order valence-electron chi connectivity index (χ4n) is 1.80. The fraction of sp³-hybridized carbons (Fsp3) is 0.333. The normalized spacial score (nSPS) is 18.4. The highest BCUT2D eigenvalue weighted by molar-refractivity contribution is 9.09. The molecule has 0 fully saturated rings. The summed E-state index contributed by atoms with van der Waals surface area (Å²) in [7, 11) is -7.88. The summed E-state index contributed by atoms with van der Waals surface area (Å²) < 4.78 is 48.8. The van der Waals surface area contributed by atoms with Crippen LogP contribution in [0.4, 0.5) is 5.69 Å². The zero-order valence-corrected chi connectivity index (χ0v) is 14.0. The molecule has 0 atom stereocenters. The van der Waals surface area contributed by atoms with E-state index in [9.17, 15) is 16.8 Å². The second-order valence-corrected chi connectivity index (χ2v) is 8.66. The number of sulfonamides is 2. The molecule has 2 rings (SSSR count). The van der Waals surface area contributed by atoms with E-state index in [2.05, 4.69) is 21.2 Å². The summed E-state index contributed by atoms with van der Waals surface area (Å²) in [6.45, 7) is 0.341. The Morgan fingerprint density at radius 1 is 1.45 bits per heavy atom. The molecule has 3 N–H and O–H groups in total. The number of nitrogens with zero attached hydrogens (tertiary/aromatic N) is 1. The van der Waals surface area contributed by atoms with Crippen LogP contribution in [0, 0.1) is 0 Å². The highest BCUT2D eigenvalue weighted by Crippen LogP contribution is 2.35. The minimum atomic E-state index is -4.10. The van der Waals surface area contributed by atoms with Gasteiger partial charge < -0.3 is 5.32 Å². The van der Waals surface area contributed by atoms with E-state index < -0.39 is 24.9 Å². The fourth-order valence-corrected chi connectivity index (χ4v) is 5.15. The predicted octanol–water partition coefficient (Wildman–Crippen LogP) is 0.756. The van der Waals surface area contributed by atoms with Crippen molar-refractivity contribution in [2.75, 3.05) is 23.9 Å². The van der Waals surface area contributed by atoms with Crippen LogP contribution < -0.4 is 10.5 Å². The molecule has 0 aliphatic carbocycles. The molecule has 0 aromatic heterocycles. The molecule has 0 saturated heterocycles. The first kappa shape index (κ1) is 16.0. The van der Waals surface area contributed by atoms with Gasteiger partial charge in [0.15, 0.2) is 0 Å². The minimum Gasteiger partial charge on any atom is -0.370 e. The Morgan fingerprint density at radius 2 is 2.10 bits per heavy atom. The Labute approximate surface area is 130 Å². The number of rotatable bonds is 3. The van der Waals surface area contributed by atoms with Crippen LogP contribution in [0.25, 0.3) is 0 Å². The maximum atomic E-state index is 12.4. The first-order valence-corrected chi connectivity index (χ1v) is 9.83. The van der Waals surface area contributed by atoms with E-state index in [4.69, 9.17) is 16.7 Å². The highest BCUT2D eigenvalue weighted by atomic mass is 79.9. The van der Waals surface area contributed by atoms with Crippen molar-refractivity contribution in [3.05, 3.63) is 17.2 Å². The molecule has 0 amide bonds. The van der Waals surface area contributed by atoms with Crippen LogP contribution in [0.15, 0.2) is 21.9 Å². The number of nitrogens with two attached hydrogens (primary N) is 1. The summed E-state index contributed by atoms with van der Waals surface area (Å²) in [4.78, 5) is -0.567. The molecule has 1 aliphatic rings. The topological polar surface area (TPSA) is 110 Å². The van der Waals surface area contributed by atoms with Crippen LogP contribution in [0.5, 0.6) is 0 Å². The maximum absolute atomic E-state index is 12.4. The second kappa shape index (κ2) is 5.43. The summed E-state index contributed by atoms with van der Waals surface area (Å²) in [5.41, 5.74) is 0.258. The monoisotopic (exact) mass is 403 g/mol. The van der Waals surface area contributed by atoms with Gasteiger partial charge in [-0.2, -0.15) is 4.31 Å². The third kappa shape index (κ3) is 2.81. The summed E-state index contributed by atoms with van der Waals surface area (Å²) in [5, 5.41) is 8.24. The largest absolute Gasteiger partial charge is 0.370 e. The molecule has 1 aromatic carbocycles. The highest BCUT2D eigenvalue weighted by Gasteiger charge is 2.33. The molecule has 20 heavy (non-hydrogen) atoms.